The molecule has 0 bridgehead atoms. The summed E-state index contributed by atoms with van der Waals surface area (Å²) in [6, 6.07) is 7.30. The molecule has 0 saturated heterocycles. The average Bonchev–Trinajstić information content (AvgIpc) is 2.54. The number of ether oxygens (including phenoxy) is 3. The van der Waals surface area contributed by atoms with Crippen molar-refractivity contribution >= 4 is 23.3 Å². The van der Waals surface area contributed by atoms with E-state index < -0.39 is 18.5 Å². The number of amides is 1. The molecule has 1 heterocycles. The van der Waals surface area contributed by atoms with Crippen molar-refractivity contribution in [2.75, 3.05) is 44.1 Å². The van der Waals surface area contributed by atoms with Crippen LogP contribution in [-0.2, 0) is 23.8 Å². The number of nitrogens with one attached hydrogen (secondary N) is 1. The minimum atomic E-state index is -0.724. The lowest BCUT2D eigenvalue weighted by molar-refractivity contribution is -0.148. The summed E-state index contributed by atoms with van der Waals surface area (Å²) >= 11 is 0. The molecule has 1 N–H and O–H groups in total. The van der Waals surface area contributed by atoms with E-state index in [-0.39, 0.29) is 12.4 Å². The van der Waals surface area contributed by atoms with Crippen LogP contribution in [0.4, 0.5) is 11.4 Å². The first-order chi connectivity index (χ1) is 10.6. The molecule has 1 aliphatic rings. The van der Waals surface area contributed by atoms with E-state index >= 15 is 0 Å². The van der Waals surface area contributed by atoms with Gasteiger partial charge in [-0.3, -0.25) is 4.79 Å². The Bertz CT molecular complexity index is 566. The molecular formula is C15H18N2O5. The van der Waals surface area contributed by atoms with Crippen LogP contribution in [-0.4, -0.2) is 45.8 Å². The third kappa shape index (κ3) is 4.41. The lowest BCUT2D eigenvalue weighted by Crippen LogP contribution is -2.23. The number of benzene rings is 1. The number of nitrogens with zero attached hydrogens (tertiary/aromatic N) is 1. The van der Waals surface area contributed by atoms with Crippen LogP contribution in [0.3, 0.4) is 0 Å². The van der Waals surface area contributed by atoms with E-state index in [9.17, 15) is 9.59 Å². The van der Waals surface area contributed by atoms with Crippen molar-refractivity contribution in [1.82, 2.24) is 0 Å². The molecule has 1 aliphatic heterocycles. The minimum absolute atomic E-state index is 0.0330. The minimum Gasteiger partial charge on any atom is -0.493 e. The van der Waals surface area contributed by atoms with Crippen LogP contribution in [0.2, 0.25) is 0 Å². The van der Waals surface area contributed by atoms with Gasteiger partial charge in [0, 0.05) is 25.5 Å². The van der Waals surface area contributed by atoms with Gasteiger partial charge in [0.05, 0.1) is 0 Å². The second-order valence-corrected chi connectivity index (χ2v) is 4.77. The smallest absolute Gasteiger partial charge is 0.377 e. The fourth-order valence-corrected chi connectivity index (χ4v) is 1.72. The lowest BCUT2D eigenvalue weighted by atomic mass is 10.2. The molecule has 0 atom stereocenters. The summed E-state index contributed by atoms with van der Waals surface area (Å²) in [6.45, 7) is 0.278. The zero-order valence-corrected chi connectivity index (χ0v) is 12.5. The van der Waals surface area contributed by atoms with Crippen molar-refractivity contribution in [1.29, 1.82) is 0 Å². The fraction of sp³-hybridized carbons (Fsp3) is 0.333. The Labute approximate surface area is 128 Å². The number of rotatable bonds is 5. The van der Waals surface area contributed by atoms with Gasteiger partial charge in [0.1, 0.15) is 19.5 Å². The average molecular weight is 306 g/mol. The van der Waals surface area contributed by atoms with E-state index in [2.05, 4.69) is 5.32 Å². The predicted molar refractivity (Wildman–Crippen MR) is 80.3 cm³/mol. The van der Waals surface area contributed by atoms with Crippen molar-refractivity contribution in [3.8, 4) is 0 Å². The van der Waals surface area contributed by atoms with Crippen LogP contribution >= 0.6 is 0 Å². The molecule has 0 aliphatic carbocycles. The van der Waals surface area contributed by atoms with Crippen molar-refractivity contribution in [2.24, 2.45) is 0 Å². The first-order valence-electron chi connectivity index (χ1n) is 6.75. The van der Waals surface area contributed by atoms with E-state index in [4.69, 9.17) is 14.2 Å². The summed E-state index contributed by atoms with van der Waals surface area (Å²) in [5.74, 6) is -1.18. The van der Waals surface area contributed by atoms with Crippen molar-refractivity contribution in [3.05, 3.63) is 36.3 Å². The Balaban J connectivity index is 1.80. The summed E-state index contributed by atoms with van der Waals surface area (Å²) in [5, 5.41) is 2.64. The van der Waals surface area contributed by atoms with Crippen molar-refractivity contribution < 1.29 is 23.8 Å². The van der Waals surface area contributed by atoms with Gasteiger partial charge in [-0.1, -0.05) is 0 Å². The van der Waals surface area contributed by atoms with Crippen LogP contribution in [0.15, 0.2) is 36.3 Å². The maximum absolute atomic E-state index is 11.7. The molecule has 1 aromatic carbocycles. The van der Waals surface area contributed by atoms with E-state index in [0.717, 1.165) is 5.69 Å². The molecule has 22 heavy (non-hydrogen) atoms. The van der Waals surface area contributed by atoms with Gasteiger partial charge >= 0.3 is 5.97 Å². The second-order valence-electron chi connectivity index (χ2n) is 4.77. The Hall–Kier alpha value is -2.70. The molecule has 0 saturated carbocycles. The molecular weight excluding hydrogens is 288 g/mol. The first kappa shape index (κ1) is 15.7. The van der Waals surface area contributed by atoms with Gasteiger partial charge in [0.15, 0.2) is 6.61 Å². The third-order valence-corrected chi connectivity index (χ3v) is 2.85. The molecule has 1 amide bonds. The Morgan fingerprint density at radius 2 is 1.95 bits per heavy atom. The van der Waals surface area contributed by atoms with Gasteiger partial charge in [-0.25, -0.2) is 4.79 Å². The number of carbonyl (C=O) groups excluding carboxylic acids is 2. The van der Waals surface area contributed by atoms with E-state index in [1.807, 2.05) is 31.1 Å². The van der Waals surface area contributed by atoms with Gasteiger partial charge in [-0.05, 0) is 24.3 Å². The highest BCUT2D eigenvalue weighted by molar-refractivity contribution is 5.94. The normalized spacial score (nSPS) is 13.3. The molecule has 2 rings (SSSR count). The van der Waals surface area contributed by atoms with Crippen LogP contribution in [0.1, 0.15) is 0 Å². The first-order valence-corrected chi connectivity index (χ1v) is 6.75. The molecule has 0 fully saturated rings. The van der Waals surface area contributed by atoms with Crippen LogP contribution < -0.4 is 10.2 Å². The van der Waals surface area contributed by atoms with Gasteiger partial charge in [0.25, 0.3) is 5.91 Å². The molecule has 1 aromatic rings. The number of carbonyl (C=O) groups is 2. The number of hydrogen-bond donors (Lipinski definition) is 1. The van der Waals surface area contributed by atoms with Gasteiger partial charge in [-0.2, -0.15) is 0 Å². The van der Waals surface area contributed by atoms with Gasteiger partial charge < -0.3 is 24.4 Å². The van der Waals surface area contributed by atoms with Crippen LogP contribution in [0, 0.1) is 0 Å². The maximum atomic E-state index is 11.7. The quantitative estimate of drug-likeness (QED) is 0.822. The summed E-state index contributed by atoms with van der Waals surface area (Å²) < 4.78 is 14.8. The molecule has 0 unspecified atom stereocenters. The highest BCUT2D eigenvalue weighted by Gasteiger charge is 2.17. The second kappa shape index (κ2) is 7.35. The van der Waals surface area contributed by atoms with E-state index in [0.29, 0.717) is 12.3 Å². The number of anilines is 2. The summed E-state index contributed by atoms with van der Waals surface area (Å²) in [5.41, 5.74) is 1.65. The lowest BCUT2D eigenvalue weighted by Gasteiger charge is -2.14. The highest BCUT2D eigenvalue weighted by atomic mass is 16.6. The topological polar surface area (TPSA) is 77.1 Å². The highest BCUT2D eigenvalue weighted by Crippen LogP contribution is 2.15. The summed E-state index contributed by atoms with van der Waals surface area (Å²) in [4.78, 5) is 25.3. The Morgan fingerprint density at radius 1 is 1.23 bits per heavy atom. The Morgan fingerprint density at radius 3 is 2.55 bits per heavy atom. The number of esters is 1. The molecule has 0 radical (unpaired) electrons. The van der Waals surface area contributed by atoms with Crippen molar-refractivity contribution in [3.63, 3.8) is 0 Å². The Kier molecular flexibility index (Phi) is 5.24. The predicted octanol–water partition coefficient (Wildman–Crippen LogP) is 1.12. The monoisotopic (exact) mass is 306 g/mol. The SMILES string of the molecule is CN(C)c1ccc(NC(=O)COC(=O)C2=COCCO2)cc1. The van der Waals surface area contributed by atoms with Gasteiger partial charge in [0.2, 0.25) is 5.76 Å². The molecule has 7 nitrogen and oxygen atoms in total. The van der Waals surface area contributed by atoms with Crippen LogP contribution in [0.5, 0.6) is 0 Å². The zero-order valence-electron chi connectivity index (χ0n) is 12.5. The van der Waals surface area contributed by atoms with Crippen LogP contribution in [0.25, 0.3) is 0 Å². The summed E-state index contributed by atoms with van der Waals surface area (Å²) in [7, 11) is 3.86. The van der Waals surface area contributed by atoms with E-state index in [1.165, 1.54) is 6.26 Å². The van der Waals surface area contributed by atoms with Crippen molar-refractivity contribution in [2.45, 2.75) is 0 Å². The molecule has 118 valence electrons. The molecule has 0 aromatic heterocycles. The van der Waals surface area contributed by atoms with Gasteiger partial charge in [-0.15, -0.1) is 0 Å². The molecule has 0 spiro atoms. The fourth-order valence-electron chi connectivity index (χ4n) is 1.72. The summed E-state index contributed by atoms with van der Waals surface area (Å²) in [6.07, 6.45) is 1.18. The van der Waals surface area contributed by atoms with E-state index in [1.54, 1.807) is 12.1 Å². The standard InChI is InChI=1S/C15H18N2O5/c1-17(2)12-5-3-11(4-6-12)16-14(18)10-22-15(19)13-9-20-7-8-21-13/h3-6,9H,7-8,10H2,1-2H3,(H,16,18). The largest absolute Gasteiger partial charge is 0.493 e. The maximum Gasteiger partial charge on any atom is 0.377 e. The third-order valence-electron chi connectivity index (χ3n) is 2.85. The molecule has 7 heteroatoms. The number of hydrogen-bond acceptors (Lipinski definition) is 6. The zero-order chi connectivity index (χ0) is 15.9.